The molecule has 1 aliphatic rings. The molecule has 1 aliphatic heterocycles. The summed E-state index contributed by atoms with van der Waals surface area (Å²) >= 11 is 5.71. The number of nitrogens with zero attached hydrogens (tertiary/aromatic N) is 5. The molecule has 0 bridgehead atoms. The number of hydrogen-bond acceptors (Lipinski definition) is 7. The molecule has 1 unspecified atom stereocenters. The number of carbonyl (C=O) groups is 3. The average Bonchev–Trinajstić information content (AvgIpc) is 3.66. The first kappa shape index (κ1) is 30.8. The van der Waals surface area contributed by atoms with E-state index in [-0.39, 0.29) is 24.6 Å². The SMILES string of the molecule is CC(=O)Nc1n[nH]c2cc(-c3cn(C4C[C@@H](C(=O)Nc5ccc(Cl)c(C(F)(F)F)c5)N(C(=O)OC(C)(C)C)C4)nn3)ccc12. The molecule has 5 rings (SSSR count). The molecule has 2 atom stereocenters. The minimum atomic E-state index is -4.72. The lowest BCUT2D eigenvalue weighted by Gasteiger charge is -2.28. The Bertz CT molecular complexity index is 1750. The molecule has 3 amide bonds. The summed E-state index contributed by atoms with van der Waals surface area (Å²) in [4.78, 5) is 39.2. The number of amides is 3. The number of nitrogens with one attached hydrogen (secondary N) is 3. The van der Waals surface area contributed by atoms with Crippen LogP contribution in [0.25, 0.3) is 22.2 Å². The molecule has 0 spiro atoms. The maximum atomic E-state index is 13.4. The minimum Gasteiger partial charge on any atom is -0.444 e. The largest absolute Gasteiger partial charge is 0.444 e. The zero-order chi connectivity index (χ0) is 32.0. The Kier molecular flexibility index (Phi) is 8.01. The monoisotopic (exact) mass is 632 g/mol. The highest BCUT2D eigenvalue weighted by Crippen LogP contribution is 2.37. The number of likely N-dealkylation sites (tertiary alicyclic amines) is 1. The number of aromatic amines is 1. The Morgan fingerprint density at radius 1 is 1.09 bits per heavy atom. The summed E-state index contributed by atoms with van der Waals surface area (Å²) in [5, 5.41) is 20.8. The van der Waals surface area contributed by atoms with Gasteiger partial charge in [-0.3, -0.25) is 19.6 Å². The number of hydrogen-bond donors (Lipinski definition) is 3. The maximum Gasteiger partial charge on any atom is 0.417 e. The Hall–Kier alpha value is -4.66. The fourth-order valence-corrected chi connectivity index (χ4v) is 5.08. The highest BCUT2D eigenvalue weighted by atomic mass is 35.5. The molecular formula is C28H28ClF3N8O4. The lowest BCUT2D eigenvalue weighted by Crippen LogP contribution is -2.45. The third-order valence-electron chi connectivity index (χ3n) is 6.79. The molecule has 44 heavy (non-hydrogen) atoms. The van der Waals surface area contributed by atoms with Gasteiger partial charge in [0.1, 0.15) is 17.3 Å². The fraction of sp³-hybridized carbons (Fsp3) is 0.357. The second kappa shape index (κ2) is 11.4. The summed E-state index contributed by atoms with van der Waals surface area (Å²) in [6.45, 7) is 6.46. The van der Waals surface area contributed by atoms with E-state index in [1.807, 2.05) is 0 Å². The summed E-state index contributed by atoms with van der Waals surface area (Å²) in [6.07, 6.45) is -3.72. The lowest BCUT2D eigenvalue weighted by atomic mass is 10.1. The van der Waals surface area contributed by atoms with Crippen molar-refractivity contribution in [2.24, 2.45) is 0 Å². The molecule has 16 heteroatoms. The number of benzene rings is 2. The highest BCUT2D eigenvalue weighted by molar-refractivity contribution is 6.31. The average molecular weight is 633 g/mol. The van der Waals surface area contributed by atoms with E-state index in [1.54, 1.807) is 45.2 Å². The highest BCUT2D eigenvalue weighted by Gasteiger charge is 2.43. The number of alkyl halides is 3. The fourth-order valence-electron chi connectivity index (χ4n) is 4.85. The molecular weight excluding hydrogens is 605 g/mol. The second-order valence-electron chi connectivity index (χ2n) is 11.3. The third kappa shape index (κ3) is 6.61. The van der Waals surface area contributed by atoms with Gasteiger partial charge in [-0.1, -0.05) is 22.9 Å². The predicted molar refractivity (Wildman–Crippen MR) is 155 cm³/mol. The molecule has 232 valence electrons. The van der Waals surface area contributed by atoms with Crippen molar-refractivity contribution in [2.75, 3.05) is 17.2 Å². The number of halogens is 4. The smallest absolute Gasteiger partial charge is 0.417 e. The van der Waals surface area contributed by atoms with Crippen LogP contribution in [0.15, 0.2) is 42.6 Å². The van der Waals surface area contributed by atoms with Gasteiger partial charge < -0.3 is 15.4 Å². The van der Waals surface area contributed by atoms with Crippen molar-refractivity contribution in [3.05, 3.63) is 53.2 Å². The number of H-pyrrole nitrogens is 1. The Balaban J connectivity index is 1.38. The van der Waals surface area contributed by atoms with Gasteiger partial charge in [-0.15, -0.1) is 5.10 Å². The molecule has 0 aliphatic carbocycles. The van der Waals surface area contributed by atoms with Crippen LogP contribution < -0.4 is 10.6 Å². The van der Waals surface area contributed by atoms with E-state index in [0.717, 1.165) is 12.1 Å². The first-order valence-electron chi connectivity index (χ1n) is 13.4. The molecule has 4 aromatic rings. The first-order valence-corrected chi connectivity index (χ1v) is 13.8. The molecule has 3 N–H and O–H groups in total. The van der Waals surface area contributed by atoms with E-state index >= 15 is 0 Å². The molecule has 2 aromatic carbocycles. The van der Waals surface area contributed by atoms with Crippen molar-refractivity contribution in [3.8, 4) is 11.3 Å². The summed E-state index contributed by atoms with van der Waals surface area (Å²) < 4.78 is 47.2. The molecule has 0 radical (unpaired) electrons. The van der Waals surface area contributed by atoms with Gasteiger partial charge in [0, 0.05) is 36.5 Å². The summed E-state index contributed by atoms with van der Waals surface area (Å²) in [6, 6.07) is 6.81. The predicted octanol–water partition coefficient (Wildman–Crippen LogP) is 5.64. The van der Waals surface area contributed by atoms with Crippen molar-refractivity contribution in [2.45, 2.75) is 58.0 Å². The molecule has 12 nitrogen and oxygen atoms in total. The Labute approximate surface area is 253 Å². The van der Waals surface area contributed by atoms with Crippen LogP contribution in [0.3, 0.4) is 0 Å². The molecule has 1 saturated heterocycles. The van der Waals surface area contributed by atoms with Crippen LogP contribution in [0.4, 0.5) is 29.5 Å². The normalized spacial score (nSPS) is 17.1. The standard InChI is InChI=1S/C28H28ClF3N8O4/c1-14(41)33-24-18-7-5-15(9-21(18)35-37-24)22-13-40(38-36-22)17-11-23(39(12-17)26(43)44-27(2,3)4)25(42)34-16-6-8-20(29)19(10-16)28(30,31)32/h5-10,13,17,23H,11-12H2,1-4H3,(H,34,42)(H2,33,35,37,41)/t17?,23-/m0/s1. The van der Waals surface area contributed by atoms with Crippen molar-refractivity contribution >= 4 is 51.9 Å². The molecule has 1 fully saturated rings. The number of aromatic nitrogens is 5. The van der Waals surface area contributed by atoms with Gasteiger partial charge in [-0.05, 0) is 51.1 Å². The van der Waals surface area contributed by atoms with Crippen molar-refractivity contribution in [1.29, 1.82) is 0 Å². The van der Waals surface area contributed by atoms with E-state index in [4.69, 9.17) is 16.3 Å². The quantitative estimate of drug-likeness (QED) is 0.258. The number of carbonyl (C=O) groups excluding carboxylic acids is 3. The van der Waals surface area contributed by atoms with E-state index in [0.29, 0.717) is 28.0 Å². The van der Waals surface area contributed by atoms with Crippen LogP contribution in [0.2, 0.25) is 5.02 Å². The number of ether oxygens (including phenoxy) is 1. The molecule has 2 aromatic heterocycles. The minimum absolute atomic E-state index is 0.0316. The topological polar surface area (TPSA) is 147 Å². The molecule has 0 saturated carbocycles. The van der Waals surface area contributed by atoms with Crippen LogP contribution in [0.5, 0.6) is 0 Å². The van der Waals surface area contributed by atoms with Crippen LogP contribution in [0, 0.1) is 0 Å². The van der Waals surface area contributed by atoms with Crippen molar-refractivity contribution < 1.29 is 32.3 Å². The number of rotatable bonds is 5. The van der Waals surface area contributed by atoms with Gasteiger partial charge in [0.15, 0.2) is 5.82 Å². The van der Waals surface area contributed by atoms with Crippen LogP contribution in [0.1, 0.15) is 45.7 Å². The summed E-state index contributed by atoms with van der Waals surface area (Å²) in [5.41, 5.74) is -0.232. The van der Waals surface area contributed by atoms with E-state index in [1.165, 1.54) is 22.6 Å². The lowest BCUT2D eigenvalue weighted by molar-refractivity contribution is -0.137. The summed E-state index contributed by atoms with van der Waals surface area (Å²) in [7, 11) is 0. The van der Waals surface area contributed by atoms with Crippen LogP contribution in [-0.4, -0.2) is 66.2 Å². The van der Waals surface area contributed by atoms with E-state index in [2.05, 4.69) is 31.1 Å². The van der Waals surface area contributed by atoms with Gasteiger partial charge in [-0.25, -0.2) is 9.48 Å². The second-order valence-corrected chi connectivity index (χ2v) is 11.7. The van der Waals surface area contributed by atoms with E-state index < -0.39 is 46.4 Å². The van der Waals surface area contributed by atoms with Gasteiger partial charge in [0.25, 0.3) is 0 Å². The molecule has 3 heterocycles. The number of fused-ring (bicyclic) bond motifs is 1. The van der Waals surface area contributed by atoms with E-state index in [9.17, 15) is 27.6 Å². The zero-order valence-electron chi connectivity index (χ0n) is 24.0. The van der Waals surface area contributed by atoms with Crippen LogP contribution >= 0.6 is 11.6 Å². The maximum absolute atomic E-state index is 13.4. The van der Waals surface area contributed by atoms with Gasteiger partial charge in [-0.2, -0.15) is 18.3 Å². The van der Waals surface area contributed by atoms with Gasteiger partial charge in [0.05, 0.1) is 28.3 Å². The summed E-state index contributed by atoms with van der Waals surface area (Å²) in [5.74, 6) is -0.559. The Morgan fingerprint density at radius 3 is 2.52 bits per heavy atom. The third-order valence-corrected chi connectivity index (χ3v) is 7.12. The zero-order valence-corrected chi connectivity index (χ0v) is 24.7. The van der Waals surface area contributed by atoms with Gasteiger partial charge in [0.2, 0.25) is 11.8 Å². The van der Waals surface area contributed by atoms with Crippen molar-refractivity contribution in [3.63, 3.8) is 0 Å². The van der Waals surface area contributed by atoms with Gasteiger partial charge >= 0.3 is 12.3 Å². The van der Waals surface area contributed by atoms with Crippen molar-refractivity contribution in [1.82, 2.24) is 30.1 Å². The Morgan fingerprint density at radius 2 is 1.84 bits per heavy atom. The number of anilines is 2. The van der Waals surface area contributed by atoms with Crippen LogP contribution in [-0.2, 0) is 20.5 Å². The first-order chi connectivity index (χ1) is 20.6.